The van der Waals surface area contributed by atoms with Gasteiger partial charge < -0.3 is 20.7 Å². The normalized spacial score (nSPS) is 19.0. The number of ether oxygens (including phenoxy) is 1. The Kier molecular flexibility index (Phi) is 6.57. The number of rotatable bonds is 7. The lowest BCUT2D eigenvalue weighted by molar-refractivity contribution is -0.124. The third kappa shape index (κ3) is 5.65. The predicted octanol–water partition coefficient (Wildman–Crippen LogP) is -1.14. The summed E-state index contributed by atoms with van der Waals surface area (Å²) >= 11 is 0. The molecule has 0 aromatic heterocycles. The van der Waals surface area contributed by atoms with Gasteiger partial charge in [-0.2, -0.15) is 0 Å². The summed E-state index contributed by atoms with van der Waals surface area (Å²) in [5.74, 6) is 0.0399. The second kappa shape index (κ2) is 8.03. The fourth-order valence-corrected chi connectivity index (χ4v) is 1.70. The second-order valence-corrected chi connectivity index (χ2v) is 4.07. The molecule has 0 aliphatic carbocycles. The van der Waals surface area contributed by atoms with Gasteiger partial charge in [0.25, 0.3) is 0 Å². The molecule has 1 fully saturated rings. The van der Waals surface area contributed by atoms with Crippen LogP contribution in [0.1, 0.15) is 12.8 Å². The van der Waals surface area contributed by atoms with E-state index in [1.54, 1.807) is 7.11 Å². The summed E-state index contributed by atoms with van der Waals surface area (Å²) in [5, 5.41) is 8.61. The second-order valence-electron chi connectivity index (χ2n) is 4.07. The minimum atomic E-state index is -0.0631. The topological polar surface area (TPSA) is 79.5 Å². The average molecular weight is 243 g/mol. The van der Waals surface area contributed by atoms with Crippen LogP contribution in [0.25, 0.3) is 0 Å². The molecule has 1 aliphatic rings. The zero-order valence-corrected chi connectivity index (χ0v) is 10.3. The van der Waals surface area contributed by atoms with Gasteiger partial charge in [-0.15, -0.1) is 0 Å². The van der Waals surface area contributed by atoms with Gasteiger partial charge in [0.2, 0.25) is 11.8 Å². The highest BCUT2D eigenvalue weighted by molar-refractivity contribution is 5.80. The largest absolute Gasteiger partial charge is 0.383 e. The van der Waals surface area contributed by atoms with Crippen molar-refractivity contribution in [2.75, 3.05) is 39.9 Å². The minimum absolute atomic E-state index is 0.0414. The number of nitrogens with one attached hydrogen (secondary N) is 3. The number of carbonyl (C=O) groups excluding carboxylic acids is 2. The van der Waals surface area contributed by atoms with Crippen LogP contribution in [0.5, 0.6) is 0 Å². The first-order chi connectivity index (χ1) is 8.24. The molecule has 2 amide bonds. The van der Waals surface area contributed by atoms with E-state index in [1.807, 2.05) is 0 Å². The molecule has 0 spiro atoms. The van der Waals surface area contributed by atoms with E-state index in [9.17, 15) is 9.59 Å². The first-order valence-electron chi connectivity index (χ1n) is 5.98. The molecule has 6 heteroatoms. The molecular weight excluding hydrogens is 222 g/mol. The summed E-state index contributed by atoms with van der Waals surface area (Å²) in [6.07, 6.45) is 1.20. The van der Waals surface area contributed by atoms with E-state index in [4.69, 9.17) is 4.74 Å². The van der Waals surface area contributed by atoms with Gasteiger partial charge in [0.15, 0.2) is 0 Å². The standard InChI is InChI=1S/C11H21N3O3/c1-17-7-6-13-10(15)3-5-14-11(16)9-2-4-12-8-9/h9,12H,2-8H2,1H3,(H,13,15)(H,14,16). The molecule has 1 saturated heterocycles. The quantitative estimate of drug-likeness (QED) is 0.494. The lowest BCUT2D eigenvalue weighted by Crippen LogP contribution is -2.35. The number of carbonyl (C=O) groups is 2. The lowest BCUT2D eigenvalue weighted by Gasteiger charge is -2.09. The van der Waals surface area contributed by atoms with Gasteiger partial charge in [-0.05, 0) is 13.0 Å². The molecule has 98 valence electrons. The highest BCUT2D eigenvalue weighted by Gasteiger charge is 2.21. The lowest BCUT2D eigenvalue weighted by atomic mass is 10.1. The highest BCUT2D eigenvalue weighted by atomic mass is 16.5. The number of hydrogen-bond donors (Lipinski definition) is 3. The van der Waals surface area contributed by atoms with Crippen molar-refractivity contribution >= 4 is 11.8 Å². The molecule has 1 unspecified atom stereocenters. The molecule has 1 heterocycles. The highest BCUT2D eigenvalue weighted by Crippen LogP contribution is 2.06. The Morgan fingerprint density at radius 2 is 2.18 bits per heavy atom. The Morgan fingerprint density at radius 3 is 2.82 bits per heavy atom. The average Bonchev–Trinajstić information content (AvgIpc) is 2.82. The van der Waals surface area contributed by atoms with Gasteiger partial charge in [0.05, 0.1) is 12.5 Å². The first-order valence-corrected chi connectivity index (χ1v) is 5.98. The molecule has 0 bridgehead atoms. The van der Waals surface area contributed by atoms with Crippen molar-refractivity contribution in [2.45, 2.75) is 12.8 Å². The Labute approximate surface area is 101 Å². The SMILES string of the molecule is COCCNC(=O)CCNC(=O)C1CCNC1. The fourth-order valence-electron chi connectivity index (χ4n) is 1.70. The van der Waals surface area contributed by atoms with E-state index >= 15 is 0 Å². The minimum Gasteiger partial charge on any atom is -0.383 e. The van der Waals surface area contributed by atoms with E-state index in [0.717, 1.165) is 19.5 Å². The van der Waals surface area contributed by atoms with Crippen LogP contribution in [0.3, 0.4) is 0 Å². The molecule has 1 atom stereocenters. The molecule has 0 radical (unpaired) electrons. The van der Waals surface area contributed by atoms with Crippen LogP contribution in [0, 0.1) is 5.92 Å². The van der Waals surface area contributed by atoms with Crippen molar-refractivity contribution < 1.29 is 14.3 Å². The third-order valence-corrected chi connectivity index (χ3v) is 2.71. The van der Waals surface area contributed by atoms with Crippen LogP contribution in [0.2, 0.25) is 0 Å². The maximum atomic E-state index is 11.6. The van der Waals surface area contributed by atoms with Crippen LogP contribution >= 0.6 is 0 Å². The van der Waals surface area contributed by atoms with Gasteiger partial charge in [-0.1, -0.05) is 0 Å². The summed E-state index contributed by atoms with van der Waals surface area (Å²) in [5.41, 5.74) is 0. The zero-order valence-electron chi connectivity index (χ0n) is 10.3. The smallest absolute Gasteiger partial charge is 0.224 e. The van der Waals surface area contributed by atoms with Crippen molar-refractivity contribution in [3.05, 3.63) is 0 Å². The summed E-state index contributed by atoms with van der Waals surface area (Å²) in [6, 6.07) is 0. The van der Waals surface area contributed by atoms with Crippen LogP contribution in [-0.4, -0.2) is 51.7 Å². The molecule has 3 N–H and O–H groups in total. The van der Waals surface area contributed by atoms with Gasteiger partial charge in [0, 0.05) is 33.2 Å². The van der Waals surface area contributed by atoms with Crippen LogP contribution in [0.4, 0.5) is 0 Å². The van der Waals surface area contributed by atoms with Crippen LogP contribution in [-0.2, 0) is 14.3 Å². The summed E-state index contributed by atoms with van der Waals surface area (Å²) < 4.78 is 4.81. The van der Waals surface area contributed by atoms with E-state index in [0.29, 0.717) is 26.1 Å². The van der Waals surface area contributed by atoms with Crippen molar-refractivity contribution in [1.29, 1.82) is 0 Å². The van der Waals surface area contributed by atoms with Gasteiger partial charge in [-0.3, -0.25) is 9.59 Å². The van der Waals surface area contributed by atoms with Crippen LogP contribution < -0.4 is 16.0 Å². The molecule has 0 saturated carbocycles. The van der Waals surface area contributed by atoms with Crippen LogP contribution in [0.15, 0.2) is 0 Å². The fraction of sp³-hybridized carbons (Fsp3) is 0.818. The summed E-state index contributed by atoms with van der Waals surface area (Å²) in [4.78, 5) is 22.9. The van der Waals surface area contributed by atoms with E-state index < -0.39 is 0 Å². The Morgan fingerprint density at radius 1 is 1.35 bits per heavy atom. The van der Waals surface area contributed by atoms with Crippen molar-refractivity contribution in [3.63, 3.8) is 0 Å². The van der Waals surface area contributed by atoms with Crippen molar-refractivity contribution in [2.24, 2.45) is 5.92 Å². The molecule has 6 nitrogen and oxygen atoms in total. The van der Waals surface area contributed by atoms with Gasteiger partial charge in [-0.25, -0.2) is 0 Å². The maximum Gasteiger partial charge on any atom is 0.224 e. The summed E-state index contributed by atoms with van der Waals surface area (Å²) in [7, 11) is 1.59. The molecule has 17 heavy (non-hydrogen) atoms. The van der Waals surface area contributed by atoms with Gasteiger partial charge in [0.1, 0.15) is 0 Å². The number of amides is 2. The van der Waals surface area contributed by atoms with Crippen molar-refractivity contribution in [1.82, 2.24) is 16.0 Å². The third-order valence-electron chi connectivity index (χ3n) is 2.71. The first kappa shape index (κ1) is 13.9. The number of hydrogen-bond acceptors (Lipinski definition) is 4. The molecule has 0 aromatic carbocycles. The van der Waals surface area contributed by atoms with Crippen molar-refractivity contribution in [3.8, 4) is 0 Å². The maximum absolute atomic E-state index is 11.6. The monoisotopic (exact) mass is 243 g/mol. The number of methoxy groups -OCH3 is 1. The Hall–Kier alpha value is -1.14. The Bertz CT molecular complexity index is 252. The Balaban J connectivity index is 2.02. The molecule has 1 rings (SSSR count). The molecule has 0 aromatic rings. The molecule has 1 aliphatic heterocycles. The van der Waals surface area contributed by atoms with E-state index in [1.165, 1.54) is 0 Å². The molecular formula is C11H21N3O3. The zero-order chi connectivity index (χ0) is 12.5. The summed E-state index contributed by atoms with van der Waals surface area (Å²) in [6.45, 7) is 3.05. The van der Waals surface area contributed by atoms with Gasteiger partial charge >= 0.3 is 0 Å². The van der Waals surface area contributed by atoms with E-state index in [2.05, 4.69) is 16.0 Å². The predicted molar refractivity (Wildman–Crippen MR) is 63.5 cm³/mol. The van der Waals surface area contributed by atoms with E-state index in [-0.39, 0.29) is 17.7 Å².